The highest BCUT2D eigenvalue weighted by molar-refractivity contribution is 5.61. The van der Waals surface area contributed by atoms with Crippen LogP contribution in [0.15, 0.2) is 18.2 Å². The molecule has 1 aromatic carbocycles. The molecule has 2 unspecified atom stereocenters. The summed E-state index contributed by atoms with van der Waals surface area (Å²) in [6.07, 6.45) is 5.21. The van der Waals surface area contributed by atoms with Gasteiger partial charge in [0.25, 0.3) is 0 Å². The first-order valence-corrected chi connectivity index (χ1v) is 7.20. The molecule has 0 amide bonds. The maximum atomic E-state index is 5.84. The van der Waals surface area contributed by atoms with Gasteiger partial charge in [-0.05, 0) is 44.4 Å². The van der Waals surface area contributed by atoms with E-state index < -0.39 is 0 Å². The molecule has 19 heavy (non-hydrogen) atoms. The Morgan fingerprint density at radius 3 is 3.05 bits per heavy atom. The van der Waals surface area contributed by atoms with Crippen LogP contribution in [0.3, 0.4) is 0 Å². The van der Waals surface area contributed by atoms with Crippen LogP contribution in [0.2, 0.25) is 0 Å². The Hall–Kier alpha value is -1.42. The third-order valence-corrected chi connectivity index (χ3v) is 4.42. The maximum absolute atomic E-state index is 5.84. The fourth-order valence-corrected chi connectivity index (χ4v) is 3.39. The van der Waals surface area contributed by atoms with Crippen LogP contribution in [0.1, 0.15) is 25.7 Å². The molecule has 4 heteroatoms. The Balaban J connectivity index is 1.65. The van der Waals surface area contributed by atoms with Crippen molar-refractivity contribution in [3.8, 4) is 5.75 Å². The first-order valence-electron chi connectivity index (χ1n) is 7.20. The van der Waals surface area contributed by atoms with Crippen LogP contribution < -0.4 is 15.8 Å². The van der Waals surface area contributed by atoms with Crippen molar-refractivity contribution in [1.29, 1.82) is 0 Å². The second kappa shape index (κ2) is 5.29. The molecule has 1 aromatic rings. The highest BCUT2D eigenvalue weighted by atomic mass is 16.5. The molecule has 0 aliphatic carbocycles. The van der Waals surface area contributed by atoms with E-state index in [1.807, 2.05) is 18.2 Å². The number of nitrogens with two attached hydrogens (primary N) is 1. The van der Waals surface area contributed by atoms with Crippen molar-refractivity contribution in [3.05, 3.63) is 18.2 Å². The first-order chi connectivity index (χ1) is 9.26. The van der Waals surface area contributed by atoms with E-state index in [0.717, 1.165) is 17.5 Å². The van der Waals surface area contributed by atoms with Gasteiger partial charge in [0, 0.05) is 30.4 Å². The lowest BCUT2D eigenvalue weighted by atomic mass is 9.97. The lowest BCUT2D eigenvalue weighted by Crippen LogP contribution is -2.42. The molecular formula is C15H23N3O. The molecule has 2 heterocycles. The van der Waals surface area contributed by atoms with E-state index in [1.54, 1.807) is 7.11 Å². The summed E-state index contributed by atoms with van der Waals surface area (Å²) in [5.41, 5.74) is 7.65. The zero-order chi connectivity index (χ0) is 13.2. The van der Waals surface area contributed by atoms with Crippen molar-refractivity contribution < 1.29 is 4.74 Å². The van der Waals surface area contributed by atoms with Crippen LogP contribution in [0, 0.1) is 0 Å². The van der Waals surface area contributed by atoms with Gasteiger partial charge >= 0.3 is 0 Å². The minimum Gasteiger partial charge on any atom is -0.495 e. The summed E-state index contributed by atoms with van der Waals surface area (Å²) in [5.74, 6) is 0.753. The third-order valence-electron chi connectivity index (χ3n) is 4.42. The zero-order valence-corrected chi connectivity index (χ0v) is 11.6. The lowest BCUT2D eigenvalue weighted by Gasteiger charge is -2.35. The maximum Gasteiger partial charge on any atom is 0.143 e. The molecule has 4 nitrogen and oxygen atoms in total. The summed E-state index contributed by atoms with van der Waals surface area (Å²) in [4.78, 5) is 2.64. The van der Waals surface area contributed by atoms with E-state index in [4.69, 9.17) is 10.5 Å². The van der Waals surface area contributed by atoms with Crippen LogP contribution in [0.4, 0.5) is 11.4 Å². The number of fused-ring (bicyclic) bond motifs is 1. The number of rotatable bonds is 3. The Morgan fingerprint density at radius 2 is 2.21 bits per heavy atom. The van der Waals surface area contributed by atoms with Crippen molar-refractivity contribution in [1.82, 2.24) is 4.90 Å². The zero-order valence-electron chi connectivity index (χ0n) is 11.6. The number of benzene rings is 1. The number of nitrogens with one attached hydrogen (secondary N) is 1. The summed E-state index contributed by atoms with van der Waals surface area (Å²) in [6, 6.07) is 7.32. The number of ether oxygens (including phenoxy) is 1. The van der Waals surface area contributed by atoms with E-state index in [-0.39, 0.29) is 0 Å². The molecule has 2 fully saturated rings. The van der Waals surface area contributed by atoms with Gasteiger partial charge in [0.05, 0.1) is 12.8 Å². The van der Waals surface area contributed by atoms with Crippen LogP contribution in [-0.2, 0) is 0 Å². The van der Waals surface area contributed by atoms with E-state index >= 15 is 0 Å². The first kappa shape index (κ1) is 12.6. The normalized spacial score (nSPS) is 27.0. The molecule has 0 spiro atoms. The minimum absolute atomic E-state index is 0.577. The van der Waals surface area contributed by atoms with E-state index in [1.165, 1.54) is 38.8 Å². The number of nitrogens with zero attached hydrogens (tertiary/aromatic N) is 1. The standard InChI is InChI=1S/C15H23N3O/c1-19-15-10-11(4-5-14(15)16)17-12-6-8-18-7-2-3-13(18)9-12/h4-5,10,12-13,17H,2-3,6-9,16H2,1H3. The lowest BCUT2D eigenvalue weighted by molar-refractivity contribution is 0.188. The molecule has 3 N–H and O–H groups in total. The van der Waals surface area contributed by atoms with Crippen molar-refractivity contribution in [2.24, 2.45) is 0 Å². The number of anilines is 2. The van der Waals surface area contributed by atoms with Gasteiger partial charge in [-0.3, -0.25) is 0 Å². The Morgan fingerprint density at radius 1 is 1.32 bits per heavy atom. The molecule has 3 rings (SSSR count). The van der Waals surface area contributed by atoms with Crippen molar-refractivity contribution >= 4 is 11.4 Å². The number of nitrogen functional groups attached to an aromatic ring is 1. The predicted octanol–water partition coefficient (Wildman–Crippen LogP) is 2.32. The van der Waals surface area contributed by atoms with Crippen LogP contribution >= 0.6 is 0 Å². The third kappa shape index (κ3) is 2.63. The fraction of sp³-hybridized carbons (Fsp3) is 0.600. The minimum atomic E-state index is 0.577. The van der Waals surface area contributed by atoms with Crippen molar-refractivity contribution in [2.75, 3.05) is 31.2 Å². The fourth-order valence-electron chi connectivity index (χ4n) is 3.39. The van der Waals surface area contributed by atoms with E-state index in [2.05, 4.69) is 10.2 Å². The van der Waals surface area contributed by atoms with Gasteiger partial charge in [0.1, 0.15) is 5.75 Å². The molecular weight excluding hydrogens is 238 g/mol. The summed E-state index contributed by atoms with van der Waals surface area (Å²) >= 11 is 0. The van der Waals surface area contributed by atoms with Gasteiger partial charge in [-0.2, -0.15) is 0 Å². The second-order valence-corrected chi connectivity index (χ2v) is 5.65. The number of hydrogen-bond donors (Lipinski definition) is 2. The molecule has 0 saturated carbocycles. The Labute approximate surface area is 114 Å². The Bertz CT molecular complexity index is 449. The molecule has 0 bridgehead atoms. The molecule has 2 atom stereocenters. The van der Waals surface area contributed by atoms with Gasteiger partial charge in [-0.25, -0.2) is 0 Å². The van der Waals surface area contributed by atoms with Gasteiger partial charge in [0.15, 0.2) is 0 Å². The Kier molecular flexibility index (Phi) is 3.51. The van der Waals surface area contributed by atoms with E-state index in [0.29, 0.717) is 11.7 Å². The average Bonchev–Trinajstić information content (AvgIpc) is 2.88. The van der Waals surface area contributed by atoms with Gasteiger partial charge in [-0.1, -0.05) is 0 Å². The van der Waals surface area contributed by atoms with Crippen LogP contribution in [0.25, 0.3) is 0 Å². The van der Waals surface area contributed by atoms with Crippen molar-refractivity contribution in [2.45, 2.75) is 37.8 Å². The molecule has 0 aromatic heterocycles. The van der Waals surface area contributed by atoms with Gasteiger partial charge in [0.2, 0.25) is 0 Å². The number of hydrogen-bond acceptors (Lipinski definition) is 4. The van der Waals surface area contributed by atoms with Crippen LogP contribution in [0.5, 0.6) is 5.75 Å². The number of methoxy groups -OCH3 is 1. The highest BCUT2D eigenvalue weighted by Crippen LogP contribution is 2.30. The molecule has 2 aliphatic rings. The summed E-state index contributed by atoms with van der Waals surface area (Å²) < 4.78 is 5.27. The molecule has 2 aliphatic heterocycles. The second-order valence-electron chi connectivity index (χ2n) is 5.65. The molecule has 0 radical (unpaired) electrons. The molecule has 104 valence electrons. The van der Waals surface area contributed by atoms with E-state index in [9.17, 15) is 0 Å². The average molecular weight is 261 g/mol. The quantitative estimate of drug-likeness (QED) is 0.820. The van der Waals surface area contributed by atoms with Crippen LogP contribution in [-0.4, -0.2) is 37.2 Å². The topological polar surface area (TPSA) is 50.5 Å². The summed E-state index contributed by atoms with van der Waals surface area (Å²) in [6.45, 7) is 2.53. The largest absolute Gasteiger partial charge is 0.495 e. The summed E-state index contributed by atoms with van der Waals surface area (Å²) in [5, 5.41) is 3.63. The molecule has 2 saturated heterocycles. The SMILES string of the molecule is COc1cc(NC2CCN3CCCC3C2)ccc1N. The van der Waals surface area contributed by atoms with Gasteiger partial charge in [-0.15, -0.1) is 0 Å². The highest BCUT2D eigenvalue weighted by Gasteiger charge is 2.31. The summed E-state index contributed by atoms with van der Waals surface area (Å²) in [7, 11) is 1.66. The predicted molar refractivity (Wildman–Crippen MR) is 78.6 cm³/mol. The van der Waals surface area contributed by atoms with Crippen molar-refractivity contribution in [3.63, 3.8) is 0 Å². The smallest absolute Gasteiger partial charge is 0.143 e. The monoisotopic (exact) mass is 261 g/mol. The number of piperidine rings is 1. The van der Waals surface area contributed by atoms with Gasteiger partial charge < -0.3 is 20.7 Å².